The van der Waals surface area contributed by atoms with Gasteiger partial charge < -0.3 is 14.7 Å². The van der Waals surface area contributed by atoms with E-state index in [1.54, 1.807) is 37.3 Å². The van der Waals surface area contributed by atoms with Crippen LogP contribution in [-0.2, 0) is 16.0 Å². The lowest BCUT2D eigenvalue weighted by Crippen LogP contribution is -2.40. The highest BCUT2D eigenvalue weighted by molar-refractivity contribution is 6.05. The minimum atomic E-state index is -1.36. The summed E-state index contributed by atoms with van der Waals surface area (Å²) in [5.74, 6) is -3.15. The Morgan fingerprint density at radius 2 is 1.89 bits per heavy atom. The van der Waals surface area contributed by atoms with Gasteiger partial charge in [-0.3, -0.25) is 19.7 Å². The van der Waals surface area contributed by atoms with Gasteiger partial charge in [-0.25, -0.2) is 0 Å². The fourth-order valence-electron chi connectivity index (χ4n) is 2.78. The van der Waals surface area contributed by atoms with Gasteiger partial charge in [-0.1, -0.05) is 24.3 Å². The number of nitrogens with zero attached hydrogens (tertiary/aromatic N) is 2. The summed E-state index contributed by atoms with van der Waals surface area (Å²) in [5, 5.41) is 20.7. The Kier molecular flexibility index (Phi) is 6.48. The van der Waals surface area contributed by atoms with E-state index in [4.69, 9.17) is 4.74 Å². The van der Waals surface area contributed by atoms with Crippen LogP contribution >= 0.6 is 0 Å². The monoisotopic (exact) mass is 372 g/mol. The average molecular weight is 372 g/mol. The second-order valence-electron chi connectivity index (χ2n) is 5.78. The van der Waals surface area contributed by atoms with Crippen molar-refractivity contribution in [3.05, 3.63) is 64.2 Å². The van der Waals surface area contributed by atoms with Crippen molar-refractivity contribution in [2.75, 3.05) is 18.6 Å². The number of anilines is 1. The molecule has 0 aliphatic carbocycles. The van der Waals surface area contributed by atoms with Gasteiger partial charge in [-0.15, -0.1) is 0 Å². The molecular weight excluding hydrogens is 352 g/mol. The topological polar surface area (TPSA) is 110 Å². The molecule has 8 nitrogen and oxygen atoms in total. The van der Waals surface area contributed by atoms with E-state index >= 15 is 0 Å². The Morgan fingerprint density at radius 3 is 2.41 bits per heavy atom. The molecule has 8 heteroatoms. The largest absolute Gasteiger partial charge is 0.490 e. The van der Waals surface area contributed by atoms with Crippen molar-refractivity contribution in [1.82, 2.24) is 0 Å². The summed E-state index contributed by atoms with van der Waals surface area (Å²) in [6.07, 6.45) is -0.164. The second-order valence-corrected chi connectivity index (χ2v) is 5.78. The number of aliphatic carboxylic acids is 1. The lowest BCUT2D eigenvalue weighted by Gasteiger charge is -2.24. The molecular formula is C19H20N2O6. The fourth-order valence-corrected chi connectivity index (χ4v) is 2.78. The predicted octanol–water partition coefficient (Wildman–Crippen LogP) is 2.90. The second kappa shape index (κ2) is 8.79. The molecule has 0 spiro atoms. The smallest absolute Gasteiger partial charge is 0.316 e. The number of benzene rings is 2. The summed E-state index contributed by atoms with van der Waals surface area (Å²) >= 11 is 0. The maximum atomic E-state index is 12.8. The Morgan fingerprint density at radius 1 is 1.22 bits per heavy atom. The molecule has 0 aliphatic heterocycles. The molecule has 1 N–H and O–H groups in total. The van der Waals surface area contributed by atoms with Gasteiger partial charge in [0, 0.05) is 18.3 Å². The van der Waals surface area contributed by atoms with Crippen LogP contribution in [0, 0.1) is 16.0 Å². The normalized spacial score (nSPS) is 11.5. The number of carboxylic acid groups (broad SMARTS) is 1. The SMILES string of the molecule is CCN(C(=O)C(Cc1ccc(OC)c([N+](=O)[O-])c1)C(=O)O)c1ccccc1. The molecule has 2 aromatic carbocycles. The number of nitro benzene ring substituents is 1. The number of para-hydroxylation sites is 1. The first kappa shape index (κ1) is 19.9. The number of nitro groups is 1. The molecule has 0 heterocycles. The first-order chi connectivity index (χ1) is 12.9. The average Bonchev–Trinajstić information content (AvgIpc) is 2.66. The quantitative estimate of drug-likeness (QED) is 0.433. The molecule has 0 aromatic heterocycles. The molecule has 2 aromatic rings. The Hall–Kier alpha value is -3.42. The summed E-state index contributed by atoms with van der Waals surface area (Å²) in [4.78, 5) is 36.5. The van der Waals surface area contributed by atoms with Crippen molar-refractivity contribution >= 4 is 23.3 Å². The van der Waals surface area contributed by atoms with E-state index < -0.39 is 22.7 Å². The zero-order valence-corrected chi connectivity index (χ0v) is 15.0. The van der Waals surface area contributed by atoms with Gasteiger partial charge in [0.25, 0.3) is 0 Å². The highest BCUT2D eigenvalue weighted by Crippen LogP contribution is 2.29. The number of methoxy groups -OCH3 is 1. The Bertz CT molecular complexity index is 837. The van der Waals surface area contributed by atoms with E-state index in [1.165, 1.54) is 30.2 Å². The number of amides is 1. The van der Waals surface area contributed by atoms with Crippen molar-refractivity contribution < 1.29 is 24.4 Å². The molecule has 0 saturated carbocycles. The van der Waals surface area contributed by atoms with E-state index in [-0.39, 0.29) is 17.9 Å². The van der Waals surface area contributed by atoms with Gasteiger partial charge in [0.15, 0.2) is 5.75 Å². The number of ether oxygens (including phenoxy) is 1. The molecule has 1 atom stereocenters. The van der Waals surface area contributed by atoms with Gasteiger partial charge >= 0.3 is 11.7 Å². The highest BCUT2D eigenvalue weighted by Gasteiger charge is 2.31. The van der Waals surface area contributed by atoms with Gasteiger partial charge in [-0.05, 0) is 37.1 Å². The maximum Gasteiger partial charge on any atom is 0.316 e. The first-order valence-corrected chi connectivity index (χ1v) is 8.29. The van der Waals surface area contributed by atoms with Crippen LogP contribution < -0.4 is 9.64 Å². The molecule has 0 aliphatic rings. The summed E-state index contributed by atoms with van der Waals surface area (Å²) in [5.41, 5.74) is 0.686. The third-order valence-electron chi connectivity index (χ3n) is 4.13. The van der Waals surface area contributed by atoms with E-state index in [0.29, 0.717) is 17.8 Å². The van der Waals surface area contributed by atoms with Gasteiger partial charge in [0.2, 0.25) is 5.91 Å². The minimum absolute atomic E-state index is 0.0708. The molecule has 27 heavy (non-hydrogen) atoms. The van der Waals surface area contributed by atoms with Crippen LogP contribution in [0.3, 0.4) is 0 Å². The van der Waals surface area contributed by atoms with Crippen LogP contribution in [-0.4, -0.2) is 35.6 Å². The molecule has 1 unspecified atom stereocenters. The zero-order valence-electron chi connectivity index (χ0n) is 15.0. The summed E-state index contributed by atoms with van der Waals surface area (Å²) < 4.78 is 4.94. The van der Waals surface area contributed by atoms with E-state index in [0.717, 1.165) is 0 Å². The van der Waals surface area contributed by atoms with Crippen molar-refractivity contribution in [2.45, 2.75) is 13.3 Å². The van der Waals surface area contributed by atoms with Crippen LogP contribution in [0.1, 0.15) is 12.5 Å². The third-order valence-corrected chi connectivity index (χ3v) is 4.13. The summed E-state index contributed by atoms with van der Waals surface area (Å²) in [7, 11) is 1.31. The first-order valence-electron chi connectivity index (χ1n) is 8.29. The van der Waals surface area contributed by atoms with Crippen LogP contribution in [0.5, 0.6) is 5.75 Å². The Labute approximate surface area is 156 Å². The molecule has 2 rings (SSSR count). The van der Waals surface area contributed by atoms with E-state index in [9.17, 15) is 24.8 Å². The standard InChI is InChI=1S/C19H20N2O6/c1-3-20(14-7-5-4-6-8-14)18(22)15(19(23)24)11-13-9-10-17(27-2)16(12-13)21(25)26/h4-10,12,15H,3,11H2,1-2H3,(H,23,24). The van der Waals surface area contributed by atoms with Crippen molar-refractivity contribution in [3.8, 4) is 5.75 Å². The predicted molar refractivity (Wildman–Crippen MR) is 98.9 cm³/mol. The van der Waals surface area contributed by atoms with E-state index in [2.05, 4.69) is 0 Å². The van der Waals surface area contributed by atoms with E-state index in [1.807, 2.05) is 0 Å². The third kappa shape index (κ3) is 4.60. The molecule has 1 amide bonds. The van der Waals surface area contributed by atoms with Crippen LogP contribution in [0.2, 0.25) is 0 Å². The number of hydrogen-bond donors (Lipinski definition) is 1. The molecule has 142 valence electrons. The molecule has 0 radical (unpaired) electrons. The minimum Gasteiger partial charge on any atom is -0.490 e. The molecule has 0 bridgehead atoms. The van der Waals surface area contributed by atoms with Crippen molar-refractivity contribution in [1.29, 1.82) is 0 Å². The van der Waals surface area contributed by atoms with Gasteiger partial charge in [-0.2, -0.15) is 0 Å². The van der Waals surface area contributed by atoms with Crippen LogP contribution in [0.25, 0.3) is 0 Å². The summed E-state index contributed by atoms with van der Waals surface area (Å²) in [6.45, 7) is 2.05. The van der Waals surface area contributed by atoms with Crippen LogP contribution in [0.15, 0.2) is 48.5 Å². The molecule has 0 saturated heterocycles. The van der Waals surface area contributed by atoms with Crippen molar-refractivity contribution in [3.63, 3.8) is 0 Å². The molecule has 0 fully saturated rings. The summed E-state index contributed by atoms with van der Waals surface area (Å²) in [6, 6.07) is 12.9. The van der Waals surface area contributed by atoms with Gasteiger partial charge in [0.05, 0.1) is 12.0 Å². The van der Waals surface area contributed by atoms with Crippen molar-refractivity contribution in [2.24, 2.45) is 5.92 Å². The lowest BCUT2D eigenvalue weighted by molar-refractivity contribution is -0.385. The maximum absolute atomic E-state index is 12.8. The Balaban J connectivity index is 2.32. The number of carboxylic acids is 1. The number of rotatable bonds is 8. The number of hydrogen-bond acceptors (Lipinski definition) is 5. The van der Waals surface area contributed by atoms with Gasteiger partial charge in [0.1, 0.15) is 5.92 Å². The highest BCUT2D eigenvalue weighted by atomic mass is 16.6. The lowest BCUT2D eigenvalue weighted by atomic mass is 9.97. The van der Waals surface area contributed by atoms with Crippen LogP contribution in [0.4, 0.5) is 11.4 Å². The zero-order chi connectivity index (χ0) is 20.0. The number of carbonyl (C=O) groups excluding carboxylic acids is 1. The number of carbonyl (C=O) groups is 2. The fraction of sp³-hybridized carbons (Fsp3) is 0.263.